The van der Waals surface area contributed by atoms with E-state index in [4.69, 9.17) is 4.74 Å². The molecule has 178 valence electrons. The Kier molecular flexibility index (Phi) is 5.59. The summed E-state index contributed by atoms with van der Waals surface area (Å²) in [5.74, 6) is -1.16. The van der Waals surface area contributed by atoms with Crippen molar-refractivity contribution in [3.63, 3.8) is 0 Å². The van der Waals surface area contributed by atoms with Gasteiger partial charge in [-0.05, 0) is 30.2 Å². The summed E-state index contributed by atoms with van der Waals surface area (Å²) in [7, 11) is 0. The minimum absolute atomic E-state index is 0.120. The number of anilines is 1. The molecule has 2 aliphatic rings. The van der Waals surface area contributed by atoms with E-state index in [0.717, 1.165) is 22.2 Å². The van der Waals surface area contributed by atoms with E-state index in [9.17, 15) is 9.59 Å². The van der Waals surface area contributed by atoms with Crippen LogP contribution in [0.4, 0.5) is 23.7 Å². The summed E-state index contributed by atoms with van der Waals surface area (Å²) in [4.78, 5) is 28.4. The third kappa shape index (κ3) is 3.76. The first-order valence-electron chi connectivity index (χ1n) is 10.7. The Morgan fingerprint density at radius 2 is 1.66 bits per heavy atom. The number of carbonyl (C=O) groups excluding carboxylic acids is 2. The van der Waals surface area contributed by atoms with Crippen molar-refractivity contribution in [2.45, 2.75) is 30.1 Å². The fourth-order valence-electron chi connectivity index (χ4n) is 4.22. The molecule has 0 aromatic heterocycles. The lowest BCUT2D eigenvalue weighted by Gasteiger charge is -2.43. The number of carbonyl (C=O) groups is 2. The summed E-state index contributed by atoms with van der Waals surface area (Å²) in [6.45, 7) is 1.52. The smallest absolute Gasteiger partial charge is 0.420 e. The molecule has 0 bridgehead atoms. The van der Waals surface area contributed by atoms with Crippen molar-refractivity contribution >= 4 is 29.4 Å². The van der Waals surface area contributed by atoms with E-state index in [1.54, 1.807) is 61.5 Å². The molecule has 0 radical (unpaired) electrons. The van der Waals surface area contributed by atoms with Crippen molar-refractivity contribution in [3.05, 3.63) is 106 Å². The number of aryl methyl sites for hydroxylation is 1. The largest absolute Gasteiger partial charge is 0.457 e. The van der Waals surface area contributed by atoms with E-state index in [2.05, 4.69) is 5.32 Å². The number of para-hydroxylation sites is 1. The molecule has 9 heteroatoms. The third-order valence-electron chi connectivity index (χ3n) is 5.93. The molecule has 0 saturated heterocycles. The van der Waals surface area contributed by atoms with Gasteiger partial charge in [-0.3, -0.25) is 4.90 Å². The van der Waals surface area contributed by atoms with Crippen LogP contribution in [0.15, 0.2) is 94.4 Å². The van der Waals surface area contributed by atoms with Crippen LogP contribution in [0.5, 0.6) is 0 Å². The van der Waals surface area contributed by atoms with Gasteiger partial charge in [0.25, 0.3) is 0 Å². The summed E-state index contributed by atoms with van der Waals surface area (Å²) in [5.41, 5.74) is -2.29. The number of rotatable bonds is 4. The number of nitrogens with one attached hydrogen (secondary N) is 1. The maximum absolute atomic E-state index is 15.0. The van der Waals surface area contributed by atoms with E-state index in [1.807, 2.05) is 0 Å². The molecular weight excluding hydrogens is 477 g/mol. The second-order valence-electron chi connectivity index (χ2n) is 8.19. The summed E-state index contributed by atoms with van der Waals surface area (Å²) >= 11 is 0.942. The van der Waals surface area contributed by atoms with Crippen LogP contribution in [0.3, 0.4) is 0 Å². The number of thioether (sulfide) groups is 1. The van der Waals surface area contributed by atoms with Crippen LogP contribution in [0.2, 0.25) is 0 Å². The summed E-state index contributed by atoms with van der Waals surface area (Å²) in [6, 6.07) is 20.0. The molecule has 2 heterocycles. The quantitative estimate of drug-likeness (QED) is 0.447. The molecule has 0 unspecified atom stereocenters. The lowest BCUT2D eigenvalue weighted by Crippen LogP contribution is -2.64. The number of esters is 1. The molecule has 35 heavy (non-hydrogen) atoms. The third-order valence-corrected chi connectivity index (χ3v) is 7.07. The van der Waals surface area contributed by atoms with Crippen LogP contribution in [-0.4, -0.2) is 18.2 Å². The van der Waals surface area contributed by atoms with Crippen LogP contribution in [0, 0.1) is 6.92 Å². The van der Waals surface area contributed by atoms with Gasteiger partial charge in [-0.2, -0.15) is 13.2 Å². The van der Waals surface area contributed by atoms with E-state index in [1.165, 1.54) is 24.3 Å². The van der Waals surface area contributed by atoms with Crippen molar-refractivity contribution in [2.24, 2.45) is 0 Å². The normalized spacial score (nSPS) is 19.2. The predicted molar refractivity (Wildman–Crippen MR) is 125 cm³/mol. The molecular formula is C26H19F3N2O3S. The van der Waals surface area contributed by atoms with Gasteiger partial charge in [-0.25, -0.2) is 9.59 Å². The zero-order chi connectivity index (χ0) is 24.8. The van der Waals surface area contributed by atoms with Crippen LogP contribution in [0.1, 0.15) is 16.7 Å². The Labute approximate surface area is 203 Å². The van der Waals surface area contributed by atoms with Gasteiger partial charge in [0.15, 0.2) is 5.54 Å². The van der Waals surface area contributed by atoms with Gasteiger partial charge < -0.3 is 10.1 Å². The van der Waals surface area contributed by atoms with E-state index in [0.29, 0.717) is 16.1 Å². The summed E-state index contributed by atoms with van der Waals surface area (Å²) in [5, 5.41) is 2.02. The number of benzene rings is 3. The average molecular weight is 497 g/mol. The van der Waals surface area contributed by atoms with Gasteiger partial charge in [0.1, 0.15) is 17.2 Å². The lowest BCUT2D eigenvalue weighted by molar-refractivity contribution is -0.190. The molecule has 0 saturated carbocycles. The molecule has 1 atom stereocenters. The first-order chi connectivity index (χ1) is 16.7. The minimum Gasteiger partial charge on any atom is -0.457 e. The van der Waals surface area contributed by atoms with Gasteiger partial charge in [-0.1, -0.05) is 84.1 Å². The predicted octanol–water partition coefficient (Wildman–Crippen LogP) is 6.04. The molecule has 2 aliphatic heterocycles. The molecule has 1 N–H and O–H groups in total. The highest BCUT2D eigenvalue weighted by Gasteiger charge is 2.66. The number of fused-ring (bicyclic) bond motifs is 3. The second kappa shape index (κ2) is 8.49. The van der Waals surface area contributed by atoms with Crippen molar-refractivity contribution in [2.75, 3.05) is 4.90 Å². The van der Waals surface area contributed by atoms with Gasteiger partial charge in [0.05, 0.1) is 5.69 Å². The molecule has 0 fully saturated rings. The first-order valence-corrected chi connectivity index (χ1v) is 11.5. The van der Waals surface area contributed by atoms with Crippen LogP contribution >= 0.6 is 11.8 Å². The molecule has 3 aromatic rings. The highest BCUT2D eigenvalue weighted by atomic mass is 32.2. The average Bonchev–Trinajstić information content (AvgIpc) is 3.22. The zero-order valence-electron chi connectivity index (χ0n) is 18.4. The SMILES string of the molecule is Cc1ccc([C@]2(C(F)(F)F)NC(=O)N3C(=C2C(=O)OCc2ccccc2)Sc2ccccc23)cc1. The van der Waals surface area contributed by atoms with Gasteiger partial charge in [-0.15, -0.1) is 0 Å². The lowest BCUT2D eigenvalue weighted by atomic mass is 9.80. The minimum atomic E-state index is -5.05. The fraction of sp³-hybridized carbons (Fsp3) is 0.154. The number of alkyl halides is 3. The molecule has 0 aliphatic carbocycles. The molecule has 3 aromatic carbocycles. The van der Waals surface area contributed by atoms with Crippen LogP contribution in [0.25, 0.3) is 0 Å². The van der Waals surface area contributed by atoms with Crippen LogP contribution < -0.4 is 10.2 Å². The number of nitrogens with zero attached hydrogens (tertiary/aromatic N) is 1. The Hall–Kier alpha value is -3.72. The van der Waals surface area contributed by atoms with Crippen LogP contribution in [-0.2, 0) is 21.7 Å². The number of ether oxygens (including phenoxy) is 1. The number of halogens is 3. The van der Waals surface area contributed by atoms with Crippen molar-refractivity contribution < 1.29 is 27.5 Å². The van der Waals surface area contributed by atoms with Gasteiger partial charge >= 0.3 is 18.2 Å². The number of hydrogen-bond acceptors (Lipinski definition) is 4. The number of hydrogen-bond donors (Lipinski definition) is 1. The maximum Gasteiger partial charge on any atom is 0.420 e. The Morgan fingerprint density at radius 1 is 1.00 bits per heavy atom. The van der Waals surface area contributed by atoms with E-state index in [-0.39, 0.29) is 17.2 Å². The molecule has 5 nitrogen and oxygen atoms in total. The van der Waals surface area contributed by atoms with E-state index >= 15 is 13.2 Å². The fourth-order valence-corrected chi connectivity index (χ4v) is 5.45. The Balaban J connectivity index is 1.71. The number of urea groups is 1. The first kappa shape index (κ1) is 23.0. The van der Waals surface area contributed by atoms with Gasteiger partial charge in [0.2, 0.25) is 0 Å². The molecule has 2 amide bonds. The van der Waals surface area contributed by atoms with Crippen molar-refractivity contribution in [3.8, 4) is 0 Å². The van der Waals surface area contributed by atoms with Crippen molar-refractivity contribution in [1.82, 2.24) is 5.32 Å². The monoisotopic (exact) mass is 496 g/mol. The van der Waals surface area contributed by atoms with Gasteiger partial charge in [0, 0.05) is 4.90 Å². The topological polar surface area (TPSA) is 58.6 Å². The van der Waals surface area contributed by atoms with E-state index < -0.39 is 29.3 Å². The summed E-state index contributed by atoms with van der Waals surface area (Å²) in [6.07, 6.45) is -5.05. The highest BCUT2D eigenvalue weighted by Crippen LogP contribution is 2.56. The second-order valence-corrected chi connectivity index (χ2v) is 9.22. The number of amides is 2. The van der Waals surface area contributed by atoms with Crippen molar-refractivity contribution in [1.29, 1.82) is 0 Å². The zero-order valence-corrected chi connectivity index (χ0v) is 19.2. The summed E-state index contributed by atoms with van der Waals surface area (Å²) < 4.78 is 50.5. The highest BCUT2D eigenvalue weighted by molar-refractivity contribution is 8.03. The Bertz CT molecular complexity index is 1340. The molecule has 0 spiro atoms. The maximum atomic E-state index is 15.0. The standard InChI is InChI=1S/C26H19F3N2O3S/c1-16-11-13-18(14-12-16)25(26(27,28)29)21(23(32)34-15-17-7-3-2-4-8-17)22-31(24(33)30-25)19-9-5-6-10-20(19)35-22/h2-14H,15H2,1H3,(H,30,33)/t25-/m0/s1. The Morgan fingerprint density at radius 3 is 2.34 bits per heavy atom. The molecule has 5 rings (SSSR count).